The molecule has 1 atom stereocenters. The zero-order valence-corrected chi connectivity index (χ0v) is 12.7. The van der Waals surface area contributed by atoms with E-state index in [0.29, 0.717) is 6.04 Å². The lowest BCUT2D eigenvalue weighted by Crippen LogP contribution is -2.40. The molecule has 0 spiro atoms. The standard InChI is InChI=1S/C18H24N2O/c1-2-20(10-8-14-9-11-21-13-14)16-6-7-17-15(12-16)4-3-5-18(17)19/h3-5,9,11,13,16H,2,6-8,10,12,19H2,1H3. The Morgan fingerprint density at radius 3 is 3.00 bits per heavy atom. The number of likely N-dealkylation sites (N-methyl/N-ethyl adjacent to an activating group) is 1. The first kappa shape index (κ1) is 14.2. The van der Waals surface area contributed by atoms with Crippen LogP contribution in [-0.2, 0) is 19.3 Å². The molecule has 1 aromatic carbocycles. The summed E-state index contributed by atoms with van der Waals surface area (Å²) in [5.41, 5.74) is 11.2. The smallest absolute Gasteiger partial charge is 0.0934 e. The average molecular weight is 284 g/mol. The fraction of sp³-hybridized carbons (Fsp3) is 0.444. The average Bonchev–Trinajstić information content (AvgIpc) is 3.01. The molecule has 3 heteroatoms. The normalized spacial score (nSPS) is 17.9. The number of benzene rings is 1. The molecule has 0 amide bonds. The highest BCUT2D eigenvalue weighted by molar-refractivity contribution is 5.52. The lowest BCUT2D eigenvalue weighted by Gasteiger charge is -2.35. The summed E-state index contributed by atoms with van der Waals surface area (Å²) in [4.78, 5) is 2.60. The highest BCUT2D eigenvalue weighted by Crippen LogP contribution is 2.28. The Morgan fingerprint density at radius 1 is 1.33 bits per heavy atom. The van der Waals surface area contributed by atoms with Gasteiger partial charge in [0.25, 0.3) is 0 Å². The summed E-state index contributed by atoms with van der Waals surface area (Å²) in [6.45, 7) is 4.45. The minimum Gasteiger partial charge on any atom is -0.472 e. The molecule has 112 valence electrons. The molecule has 0 aliphatic heterocycles. The molecule has 2 aromatic rings. The van der Waals surface area contributed by atoms with Crippen LogP contribution in [0.4, 0.5) is 5.69 Å². The molecule has 3 nitrogen and oxygen atoms in total. The third kappa shape index (κ3) is 3.13. The van der Waals surface area contributed by atoms with E-state index >= 15 is 0 Å². The van der Waals surface area contributed by atoms with Crippen LogP contribution in [0.2, 0.25) is 0 Å². The molecule has 0 saturated carbocycles. The van der Waals surface area contributed by atoms with Gasteiger partial charge in [-0.05, 0) is 61.1 Å². The van der Waals surface area contributed by atoms with Gasteiger partial charge in [-0.1, -0.05) is 19.1 Å². The van der Waals surface area contributed by atoms with Gasteiger partial charge in [-0.25, -0.2) is 0 Å². The van der Waals surface area contributed by atoms with Gasteiger partial charge in [0, 0.05) is 18.3 Å². The van der Waals surface area contributed by atoms with Crippen LogP contribution in [0, 0.1) is 0 Å². The van der Waals surface area contributed by atoms with E-state index in [0.717, 1.165) is 38.0 Å². The Hall–Kier alpha value is -1.74. The van der Waals surface area contributed by atoms with E-state index in [9.17, 15) is 0 Å². The summed E-state index contributed by atoms with van der Waals surface area (Å²) >= 11 is 0. The van der Waals surface area contributed by atoms with Crippen molar-refractivity contribution in [2.75, 3.05) is 18.8 Å². The van der Waals surface area contributed by atoms with Crippen molar-refractivity contribution >= 4 is 5.69 Å². The van der Waals surface area contributed by atoms with Gasteiger partial charge < -0.3 is 10.2 Å². The Labute approximate surface area is 126 Å². The minimum atomic E-state index is 0.635. The lowest BCUT2D eigenvalue weighted by atomic mass is 9.86. The van der Waals surface area contributed by atoms with E-state index in [1.165, 1.54) is 23.1 Å². The first-order chi connectivity index (χ1) is 10.3. The molecule has 1 unspecified atom stereocenters. The number of furan rings is 1. The fourth-order valence-corrected chi connectivity index (χ4v) is 3.44. The molecule has 21 heavy (non-hydrogen) atoms. The number of hydrogen-bond donors (Lipinski definition) is 1. The highest BCUT2D eigenvalue weighted by atomic mass is 16.3. The van der Waals surface area contributed by atoms with Crippen molar-refractivity contribution in [3.05, 3.63) is 53.5 Å². The van der Waals surface area contributed by atoms with E-state index in [4.69, 9.17) is 10.2 Å². The summed E-state index contributed by atoms with van der Waals surface area (Å²) in [5.74, 6) is 0. The molecule has 0 bridgehead atoms. The summed E-state index contributed by atoms with van der Waals surface area (Å²) in [6, 6.07) is 9.04. The quantitative estimate of drug-likeness (QED) is 0.857. The number of nitrogens with two attached hydrogens (primary N) is 1. The van der Waals surface area contributed by atoms with E-state index in [1.807, 2.05) is 12.3 Å². The third-order valence-electron chi connectivity index (χ3n) is 4.68. The zero-order chi connectivity index (χ0) is 14.7. The molecule has 0 radical (unpaired) electrons. The summed E-state index contributed by atoms with van der Waals surface area (Å²) < 4.78 is 5.15. The van der Waals surface area contributed by atoms with Crippen molar-refractivity contribution in [1.29, 1.82) is 0 Å². The second kappa shape index (κ2) is 6.35. The number of fused-ring (bicyclic) bond motifs is 1. The molecule has 3 rings (SSSR count). The van der Waals surface area contributed by atoms with Crippen molar-refractivity contribution in [1.82, 2.24) is 4.90 Å². The van der Waals surface area contributed by atoms with Gasteiger partial charge in [-0.2, -0.15) is 0 Å². The van der Waals surface area contributed by atoms with Crippen LogP contribution in [0.25, 0.3) is 0 Å². The van der Waals surface area contributed by atoms with Crippen molar-refractivity contribution in [3.8, 4) is 0 Å². The van der Waals surface area contributed by atoms with E-state index in [1.54, 1.807) is 6.26 Å². The number of nitrogen functional groups attached to an aromatic ring is 1. The summed E-state index contributed by atoms with van der Waals surface area (Å²) in [6.07, 6.45) is 8.11. The lowest BCUT2D eigenvalue weighted by molar-refractivity contribution is 0.191. The predicted octanol–water partition coefficient (Wildman–Crippen LogP) is 3.28. The van der Waals surface area contributed by atoms with Crippen LogP contribution < -0.4 is 5.73 Å². The molecule has 0 saturated heterocycles. The largest absolute Gasteiger partial charge is 0.472 e. The maximum absolute atomic E-state index is 6.09. The molecular weight excluding hydrogens is 260 g/mol. The maximum Gasteiger partial charge on any atom is 0.0934 e. The van der Waals surface area contributed by atoms with Gasteiger partial charge in [0.2, 0.25) is 0 Å². The van der Waals surface area contributed by atoms with Crippen molar-refractivity contribution in [3.63, 3.8) is 0 Å². The van der Waals surface area contributed by atoms with E-state index < -0.39 is 0 Å². The van der Waals surface area contributed by atoms with Crippen LogP contribution in [0.15, 0.2) is 41.2 Å². The Balaban J connectivity index is 1.65. The predicted molar refractivity (Wildman–Crippen MR) is 86.3 cm³/mol. The topological polar surface area (TPSA) is 42.4 Å². The van der Waals surface area contributed by atoms with Crippen molar-refractivity contribution < 1.29 is 4.42 Å². The molecule has 2 N–H and O–H groups in total. The highest BCUT2D eigenvalue weighted by Gasteiger charge is 2.24. The van der Waals surface area contributed by atoms with Crippen LogP contribution >= 0.6 is 0 Å². The van der Waals surface area contributed by atoms with Crippen molar-refractivity contribution in [2.45, 2.75) is 38.6 Å². The van der Waals surface area contributed by atoms with Gasteiger partial charge in [-0.15, -0.1) is 0 Å². The van der Waals surface area contributed by atoms with Crippen LogP contribution in [0.1, 0.15) is 30.0 Å². The minimum absolute atomic E-state index is 0.635. The third-order valence-corrected chi connectivity index (χ3v) is 4.68. The summed E-state index contributed by atoms with van der Waals surface area (Å²) in [5, 5.41) is 0. The SMILES string of the molecule is CCN(CCc1ccoc1)C1CCc2c(N)cccc2C1. The number of rotatable bonds is 5. The second-order valence-corrected chi connectivity index (χ2v) is 5.89. The molecule has 1 aliphatic rings. The first-order valence-corrected chi connectivity index (χ1v) is 7.89. The van der Waals surface area contributed by atoms with E-state index in [-0.39, 0.29) is 0 Å². The van der Waals surface area contributed by atoms with Gasteiger partial charge in [0.1, 0.15) is 0 Å². The molecule has 1 aliphatic carbocycles. The molecule has 1 heterocycles. The van der Waals surface area contributed by atoms with Gasteiger partial charge in [0.15, 0.2) is 0 Å². The fourth-order valence-electron chi connectivity index (χ4n) is 3.44. The molecular formula is C18H24N2O. The molecule has 1 aromatic heterocycles. The van der Waals surface area contributed by atoms with Gasteiger partial charge in [0.05, 0.1) is 12.5 Å². The van der Waals surface area contributed by atoms with Crippen LogP contribution in [-0.4, -0.2) is 24.0 Å². The van der Waals surface area contributed by atoms with Crippen LogP contribution in [0.3, 0.4) is 0 Å². The number of nitrogens with zero attached hydrogens (tertiary/aromatic N) is 1. The Kier molecular flexibility index (Phi) is 4.30. The van der Waals surface area contributed by atoms with Gasteiger partial charge >= 0.3 is 0 Å². The number of hydrogen-bond acceptors (Lipinski definition) is 3. The number of anilines is 1. The first-order valence-electron chi connectivity index (χ1n) is 7.89. The Bertz CT molecular complexity index is 577. The second-order valence-electron chi connectivity index (χ2n) is 5.89. The van der Waals surface area contributed by atoms with Crippen molar-refractivity contribution in [2.24, 2.45) is 0 Å². The molecule has 0 fully saturated rings. The summed E-state index contributed by atoms with van der Waals surface area (Å²) in [7, 11) is 0. The van der Waals surface area contributed by atoms with Gasteiger partial charge in [-0.3, -0.25) is 4.90 Å². The van der Waals surface area contributed by atoms with Crippen LogP contribution in [0.5, 0.6) is 0 Å². The zero-order valence-electron chi connectivity index (χ0n) is 12.7. The Morgan fingerprint density at radius 2 is 2.24 bits per heavy atom. The maximum atomic E-state index is 6.09. The van der Waals surface area contributed by atoms with E-state index in [2.05, 4.69) is 30.0 Å². The monoisotopic (exact) mass is 284 g/mol.